The molecule has 0 amide bonds. The summed E-state index contributed by atoms with van der Waals surface area (Å²) in [7, 11) is 1.69. The molecule has 1 atom stereocenters. The quantitative estimate of drug-likeness (QED) is 0.848. The fourth-order valence-electron chi connectivity index (χ4n) is 2.72. The van der Waals surface area contributed by atoms with E-state index in [0.717, 1.165) is 17.7 Å². The minimum Gasteiger partial charge on any atom is -0.496 e. The molecule has 0 aromatic heterocycles. The Labute approximate surface area is 97.3 Å². The molecule has 2 rings (SSSR count). The largest absolute Gasteiger partial charge is 0.496 e. The van der Waals surface area contributed by atoms with Crippen molar-refractivity contribution < 1.29 is 9.84 Å². The fourth-order valence-corrected chi connectivity index (χ4v) is 2.72. The van der Waals surface area contributed by atoms with E-state index in [1.165, 1.54) is 5.56 Å². The SMILES string of the molecule is COc1ccc(C)cc1C1(CO)CC1(C)C. The highest BCUT2D eigenvalue weighted by Gasteiger charge is 2.62. The number of ether oxygens (including phenoxy) is 1. The van der Waals surface area contributed by atoms with Gasteiger partial charge in [-0.3, -0.25) is 0 Å². The maximum absolute atomic E-state index is 9.70. The topological polar surface area (TPSA) is 29.5 Å². The van der Waals surface area contributed by atoms with E-state index in [4.69, 9.17) is 4.74 Å². The first kappa shape index (κ1) is 11.5. The van der Waals surface area contributed by atoms with Crippen LogP contribution in [-0.2, 0) is 5.41 Å². The van der Waals surface area contributed by atoms with Gasteiger partial charge in [0.1, 0.15) is 5.75 Å². The molecule has 16 heavy (non-hydrogen) atoms. The molecule has 1 aromatic carbocycles. The lowest BCUT2D eigenvalue weighted by atomic mass is 9.87. The summed E-state index contributed by atoms with van der Waals surface area (Å²) in [6, 6.07) is 6.18. The highest BCUT2D eigenvalue weighted by Crippen LogP contribution is 2.65. The Bertz CT molecular complexity index is 409. The maximum atomic E-state index is 9.70. The van der Waals surface area contributed by atoms with Crippen molar-refractivity contribution in [2.75, 3.05) is 13.7 Å². The summed E-state index contributed by atoms with van der Waals surface area (Å²) in [6.07, 6.45) is 1.02. The number of hydrogen-bond acceptors (Lipinski definition) is 2. The lowest BCUT2D eigenvalue weighted by Crippen LogP contribution is -2.20. The van der Waals surface area contributed by atoms with Gasteiger partial charge in [0.05, 0.1) is 13.7 Å². The van der Waals surface area contributed by atoms with Crippen LogP contribution < -0.4 is 4.74 Å². The van der Waals surface area contributed by atoms with Gasteiger partial charge in [0.2, 0.25) is 0 Å². The van der Waals surface area contributed by atoms with Gasteiger partial charge in [-0.05, 0) is 24.8 Å². The van der Waals surface area contributed by atoms with Gasteiger partial charge in [0, 0.05) is 11.0 Å². The molecule has 2 nitrogen and oxygen atoms in total. The molecule has 1 fully saturated rings. The molecule has 0 bridgehead atoms. The van der Waals surface area contributed by atoms with E-state index in [-0.39, 0.29) is 17.4 Å². The van der Waals surface area contributed by atoms with Gasteiger partial charge in [0.15, 0.2) is 0 Å². The molecule has 1 N–H and O–H groups in total. The first-order valence-electron chi connectivity index (χ1n) is 5.73. The van der Waals surface area contributed by atoms with E-state index in [1.54, 1.807) is 7.11 Å². The zero-order valence-electron chi connectivity index (χ0n) is 10.5. The van der Waals surface area contributed by atoms with E-state index in [9.17, 15) is 5.11 Å². The number of hydrogen-bond donors (Lipinski definition) is 1. The van der Waals surface area contributed by atoms with E-state index in [2.05, 4.69) is 26.8 Å². The summed E-state index contributed by atoms with van der Waals surface area (Å²) in [5.74, 6) is 0.894. The van der Waals surface area contributed by atoms with Crippen molar-refractivity contribution in [3.8, 4) is 5.75 Å². The van der Waals surface area contributed by atoms with Crippen molar-refractivity contribution >= 4 is 0 Å². The summed E-state index contributed by atoms with van der Waals surface area (Å²) in [5, 5.41) is 9.70. The molecule has 1 aromatic rings. The summed E-state index contributed by atoms with van der Waals surface area (Å²) < 4.78 is 5.41. The molecule has 0 saturated heterocycles. The van der Waals surface area contributed by atoms with E-state index < -0.39 is 0 Å². The second kappa shape index (κ2) is 3.49. The predicted molar refractivity (Wildman–Crippen MR) is 64.9 cm³/mol. The smallest absolute Gasteiger partial charge is 0.122 e. The minimum atomic E-state index is -0.107. The van der Waals surface area contributed by atoms with Crippen LogP contribution in [0.2, 0.25) is 0 Å². The van der Waals surface area contributed by atoms with E-state index >= 15 is 0 Å². The van der Waals surface area contributed by atoms with Gasteiger partial charge in [-0.15, -0.1) is 0 Å². The minimum absolute atomic E-state index is 0.107. The van der Waals surface area contributed by atoms with Gasteiger partial charge in [0.25, 0.3) is 0 Å². The summed E-state index contributed by atoms with van der Waals surface area (Å²) >= 11 is 0. The van der Waals surface area contributed by atoms with Crippen LogP contribution in [0.4, 0.5) is 0 Å². The third-order valence-electron chi connectivity index (χ3n) is 4.05. The van der Waals surface area contributed by atoms with Crippen LogP contribution >= 0.6 is 0 Å². The third-order valence-corrected chi connectivity index (χ3v) is 4.05. The molecule has 0 spiro atoms. The van der Waals surface area contributed by atoms with Gasteiger partial charge in [-0.25, -0.2) is 0 Å². The number of aryl methyl sites for hydroxylation is 1. The standard InChI is InChI=1S/C14H20O2/c1-10-5-6-12(16-4)11(7-10)14(9-15)8-13(14,2)3/h5-7,15H,8-9H2,1-4H3. The molecular weight excluding hydrogens is 200 g/mol. The van der Waals surface area contributed by atoms with Crippen LogP contribution in [0.5, 0.6) is 5.75 Å². The third kappa shape index (κ3) is 1.44. The lowest BCUT2D eigenvalue weighted by Gasteiger charge is -2.21. The van der Waals surface area contributed by atoms with Gasteiger partial charge >= 0.3 is 0 Å². The molecule has 1 aliphatic carbocycles. The number of methoxy groups -OCH3 is 1. The fraction of sp³-hybridized carbons (Fsp3) is 0.571. The second-order valence-electron chi connectivity index (χ2n) is 5.50. The van der Waals surface area contributed by atoms with Crippen LogP contribution in [-0.4, -0.2) is 18.8 Å². The van der Waals surface area contributed by atoms with Gasteiger partial charge in [-0.1, -0.05) is 31.5 Å². The number of aliphatic hydroxyl groups excluding tert-OH is 1. The Balaban J connectivity index is 2.51. The van der Waals surface area contributed by atoms with Crippen molar-refractivity contribution in [2.24, 2.45) is 5.41 Å². The molecular formula is C14H20O2. The highest BCUT2D eigenvalue weighted by atomic mass is 16.5. The van der Waals surface area contributed by atoms with Crippen LogP contribution in [0.25, 0.3) is 0 Å². The van der Waals surface area contributed by atoms with Crippen LogP contribution in [0, 0.1) is 12.3 Å². The van der Waals surface area contributed by atoms with Crippen LogP contribution in [0.15, 0.2) is 18.2 Å². The Morgan fingerprint density at radius 3 is 2.44 bits per heavy atom. The molecule has 0 aliphatic heterocycles. The predicted octanol–water partition coefficient (Wildman–Crippen LogP) is 2.66. The Hall–Kier alpha value is -1.02. The van der Waals surface area contributed by atoms with Crippen molar-refractivity contribution in [1.82, 2.24) is 0 Å². The van der Waals surface area contributed by atoms with Crippen molar-refractivity contribution in [2.45, 2.75) is 32.6 Å². The van der Waals surface area contributed by atoms with E-state index in [1.807, 2.05) is 12.1 Å². The second-order valence-corrected chi connectivity index (χ2v) is 5.50. The Morgan fingerprint density at radius 1 is 1.38 bits per heavy atom. The molecule has 88 valence electrons. The van der Waals surface area contributed by atoms with Crippen molar-refractivity contribution in [3.63, 3.8) is 0 Å². The molecule has 1 aliphatic rings. The van der Waals surface area contributed by atoms with Crippen molar-refractivity contribution in [1.29, 1.82) is 0 Å². The molecule has 2 heteroatoms. The van der Waals surface area contributed by atoms with Crippen LogP contribution in [0.3, 0.4) is 0 Å². The van der Waals surface area contributed by atoms with Gasteiger partial charge in [-0.2, -0.15) is 0 Å². The number of aliphatic hydroxyl groups is 1. The summed E-state index contributed by atoms with van der Waals surface area (Å²) in [6.45, 7) is 6.67. The summed E-state index contributed by atoms with van der Waals surface area (Å²) in [5.41, 5.74) is 2.43. The molecule has 1 unspecified atom stereocenters. The maximum Gasteiger partial charge on any atom is 0.122 e. The zero-order chi connectivity index (χ0) is 12.0. The first-order chi connectivity index (χ1) is 7.47. The van der Waals surface area contributed by atoms with Crippen molar-refractivity contribution in [3.05, 3.63) is 29.3 Å². The average molecular weight is 220 g/mol. The van der Waals surface area contributed by atoms with E-state index in [0.29, 0.717) is 0 Å². The Kier molecular flexibility index (Phi) is 2.50. The normalized spacial score (nSPS) is 26.6. The summed E-state index contributed by atoms with van der Waals surface area (Å²) in [4.78, 5) is 0. The lowest BCUT2D eigenvalue weighted by molar-refractivity contribution is 0.228. The molecule has 0 radical (unpaired) electrons. The number of benzene rings is 1. The molecule has 0 heterocycles. The van der Waals surface area contributed by atoms with Gasteiger partial charge < -0.3 is 9.84 Å². The van der Waals surface area contributed by atoms with Crippen LogP contribution in [0.1, 0.15) is 31.4 Å². The molecule has 1 saturated carbocycles. The monoisotopic (exact) mass is 220 g/mol. The zero-order valence-corrected chi connectivity index (χ0v) is 10.5. The first-order valence-corrected chi connectivity index (χ1v) is 5.73. The highest BCUT2D eigenvalue weighted by molar-refractivity contribution is 5.48. The average Bonchev–Trinajstić information content (AvgIpc) is 2.82. The Morgan fingerprint density at radius 2 is 2.00 bits per heavy atom. The number of rotatable bonds is 3.